The molecular formula is C11H12FNO. The second-order valence-corrected chi connectivity index (χ2v) is 3.24. The van der Waals surface area contributed by atoms with Crippen LogP contribution in [0.25, 0.3) is 0 Å². The highest BCUT2D eigenvalue weighted by Gasteiger charge is 2.04. The van der Waals surface area contributed by atoms with Crippen molar-refractivity contribution < 1.29 is 9.13 Å². The van der Waals surface area contributed by atoms with Crippen LogP contribution in [-0.4, -0.2) is 19.7 Å². The van der Waals surface area contributed by atoms with E-state index in [2.05, 4.69) is 11.4 Å². The molecule has 0 fully saturated rings. The molecule has 0 aliphatic carbocycles. The Bertz CT molecular complexity index is 349. The quantitative estimate of drug-likeness (QED) is 0.738. The molecule has 0 spiro atoms. The van der Waals surface area contributed by atoms with Crippen molar-refractivity contribution >= 4 is 0 Å². The van der Waals surface area contributed by atoms with Gasteiger partial charge in [-0.2, -0.15) is 0 Å². The van der Waals surface area contributed by atoms with Crippen LogP contribution < -0.4 is 10.1 Å². The third-order valence-electron chi connectivity index (χ3n) is 2.11. The van der Waals surface area contributed by atoms with Crippen molar-refractivity contribution in [1.82, 2.24) is 5.32 Å². The fraction of sp³-hybridized carbons (Fsp3) is 0.273. The van der Waals surface area contributed by atoms with Gasteiger partial charge in [-0.05, 0) is 17.7 Å². The number of benzene rings is 1. The van der Waals surface area contributed by atoms with Gasteiger partial charge in [0.15, 0.2) is 0 Å². The standard InChI is InChI=1S/C11H12FNO/c12-10-2-1-3-11(6-10)14-8-9-4-5-13-7-9/h1-4,6,13H,5,7-8H2. The molecule has 1 aliphatic heterocycles. The van der Waals surface area contributed by atoms with Crippen molar-refractivity contribution in [2.75, 3.05) is 19.7 Å². The van der Waals surface area contributed by atoms with Gasteiger partial charge >= 0.3 is 0 Å². The highest BCUT2D eigenvalue weighted by Crippen LogP contribution is 2.13. The van der Waals surface area contributed by atoms with Crippen LogP contribution in [0.5, 0.6) is 5.75 Å². The first-order valence-corrected chi connectivity index (χ1v) is 4.61. The largest absolute Gasteiger partial charge is 0.489 e. The van der Waals surface area contributed by atoms with E-state index in [1.54, 1.807) is 12.1 Å². The zero-order valence-electron chi connectivity index (χ0n) is 7.79. The molecule has 3 heteroatoms. The molecule has 0 saturated heterocycles. The van der Waals surface area contributed by atoms with E-state index in [4.69, 9.17) is 4.74 Å². The van der Waals surface area contributed by atoms with Gasteiger partial charge < -0.3 is 10.1 Å². The lowest BCUT2D eigenvalue weighted by Gasteiger charge is -2.06. The van der Waals surface area contributed by atoms with Crippen molar-refractivity contribution in [1.29, 1.82) is 0 Å². The summed E-state index contributed by atoms with van der Waals surface area (Å²) in [6.45, 7) is 2.31. The van der Waals surface area contributed by atoms with Crippen molar-refractivity contribution in [3.05, 3.63) is 41.7 Å². The Morgan fingerprint density at radius 1 is 1.43 bits per heavy atom. The Morgan fingerprint density at radius 3 is 3.07 bits per heavy atom. The van der Waals surface area contributed by atoms with E-state index in [1.165, 1.54) is 17.7 Å². The average Bonchev–Trinajstić information content (AvgIpc) is 2.67. The Hall–Kier alpha value is -1.35. The maximum atomic E-state index is 12.8. The molecule has 2 nitrogen and oxygen atoms in total. The van der Waals surface area contributed by atoms with Crippen LogP contribution >= 0.6 is 0 Å². The van der Waals surface area contributed by atoms with Crippen molar-refractivity contribution in [2.24, 2.45) is 0 Å². The summed E-state index contributed by atoms with van der Waals surface area (Å²) in [5, 5.41) is 3.17. The van der Waals surface area contributed by atoms with E-state index in [1.807, 2.05) is 0 Å². The Morgan fingerprint density at radius 2 is 2.36 bits per heavy atom. The Balaban J connectivity index is 1.91. The highest BCUT2D eigenvalue weighted by molar-refractivity contribution is 5.23. The number of hydrogen-bond donors (Lipinski definition) is 1. The number of rotatable bonds is 3. The molecule has 0 atom stereocenters. The normalized spacial score (nSPS) is 15.4. The first kappa shape index (κ1) is 9.21. The van der Waals surface area contributed by atoms with Crippen LogP contribution in [0.1, 0.15) is 0 Å². The van der Waals surface area contributed by atoms with Crippen LogP contribution in [0.15, 0.2) is 35.9 Å². The van der Waals surface area contributed by atoms with Crippen molar-refractivity contribution in [3.8, 4) is 5.75 Å². The van der Waals surface area contributed by atoms with Gasteiger partial charge in [-0.1, -0.05) is 12.1 Å². The highest BCUT2D eigenvalue weighted by atomic mass is 19.1. The third kappa shape index (κ3) is 2.33. The molecule has 0 bridgehead atoms. The molecule has 14 heavy (non-hydrogen) atoms. The molecule has 74 valence electrons. The van der Waals surface area contributed by atoms with Gasteiger partial charge in [0.25, 0.3) is 0 Å². The summed E-state index contributed by atoms with van der Waals surface area (Å²) in [4.78, 5) is 0. The molecule has 1 heterocycles. The molecule has 0 unspecified atom stereocenters. The molecule has 1 N–H and O–H groups in total. The fourth-order valence-electron chi connectivity index (χ4n) is 1.36. The first-order valence-electron chi connectivity index (χ1n) is 4.61. The summed E-state index contributed by atoms with van der Waals surface area (Å²) in [7, 11) is 0. The van der Waals surface area contributed by atoms with Crippen LogP contribution in [-0.2, 0) is 0 Å². The summed E-state index contributed by atoms with van der Waals surface area (Å²) >= 11 is 0. The van der Waals surface area contributed by atoms with E-state index in [0.717, 1.165) is 13.1 Å². The predicted molar refractivity (Wildman–Crippen MR) is 52.8 cm³/mol. The molecule has 1 aliphatic rings. The summed E-state index contributed by atoms with van der Waals surface area (Å²) < 4.78 is 18.2. The van der Waals surface area contributed by atoms with E-state index in [0.29, 0.717) is 12.4 Å². The lowest BCUT2D eigenvalue weighted by Crippen LogP contribution is -2.11. The Labute approximate surface area is 82.4 Å². The lowest BCUT2D eigenvalue weighted by atomic mass is 10.3. The number of hydrogen-bond acceptors (Lipinski definition) is 2. The first-order chi connectivity index (χ1) is 6.84. The van der Waals surface area contributed by atoms with Crippen molar-refractivity contribution in [3.63, 3.8) is 0 Å². The zero-order chi connectivity index (χ0) is 9.80. The van der Waals surface area contributed by atoms with Gasteiger partial charge in [0.1, 0.15) is 18.2 Å². The van der Waals surface area contributed by atoms with Gasteiger partial charge in [0.05, 0.1) is 0 Å². The maximum absolute atomic E-state index is 12.8. The molecule has 0 amide bonds. The second kappa shape index (κ2) is 4.24. The summed E-state index contributed by atoms with van der Waals surface area (Å²) in [5.41, 5.74) is 1.22. The minimum absolute atomic E-state index is 0.263. The van der Waals surface area contributed by atoms with Crippen LogP contribution in [0, 0.1) is 5.82 Å². The van der Waals surface area contributed by atoms with E-state index in [9.17, 15) is 4.39 Å². The van der Waals surface area contributed by atoms with Gasteiger partial charge in [0, 0.05) is 19.2 Å². The summed E-state index contributed by atoms with van der Waals surface area (Å²) in [5.74, 6) is 0.318. The van der Waals surface area contributed by atoms with Gasteiger partial charge in [0.2, 0.25) is 0 Å². The number of nitrogens with one attached hydrogen (secondary N) is 1. The van der Waals surface area contributed by atoms with E-state index >= 15 is 0 Å². The molecule has 0 saturated carbocycles. The predicted octanol–water partition coefficient (Wildman–Crippen LogP) is 1.73. The van der Waals surface area contributed by atoms with Crippen molar-refractivity contribution in [2.45, 2.75) is 0 Å². The number of ether oxygens (including phenoxy) is 1. The smallest absolute Gasteiger partial charge is 0.126 e. The van der Waals surface area contributed by atoms with Crippen LogP contribution in [0.4, 0.5) is 4.39 Å². The molecular weight excluding hydrogens is 181 g/mol. The molecule has 0 aromatic heterocycles. The molecule has 2 rings (SSSR count). The summed E-state index contributed by atoms with van der Waals surface area (Å²) in [6, 6.07) is 6.20. The number of halogens is 1. The lowest BCUT2D eigenvalue weighted by molar-refractivity contribution is 0.348. The fourth-order valence-corrected chi connectivity index (χ4v) is 1.36. The van der Waals surface area contributed by atoms with Gasteiger partial charge in [-0.3, -0.25) is 0 Å². The average molecular weight is 193 g/mol. The molecule has 0 radical (unpaired) electrons. The van der Waals surface area contributed by atoms with Crippen LogP contribution in [0.3, 0.4) is 0 Å². The van der Waals surface area contributed by atoms with E-state index in [-0.39, 0.29) is 5.82 Å². The van der Waals surface area contributed by atoms with E-state index < -0.39 is 0 Å². The summed E-state index contributed by atoms with van der Waals surface area (Å²) in [6.07, 6.45) is 2.10. The molecule has 1 aromatic carbocycles. The van der Waals surface area contributed by atoms with Gasteiger partial charge in [-0.15, -0.1) is 0 Å². The molecule has 1 aromatic rings. The van der Waals surface area contributed by atoms with Crippen LogP contribution in [0.2, 0.25) is 0 Å². The topological polar surface area (TPSA) is 21.3 Å². The van der Waals surface area contributed by atoms with Gasteiger partial charge in [-0.25, -0.2) is 4.39 Å². The third-order valence-corrected chi connectivity index (χ3v) is 2.11. The Kier molecular flexibility index (Phi) is 2.79. The monoisotopic (exact) mass is 193 g/mol. The maximum Gasteiger partial charge on any atom is 0.126 e. The minimum Gasteiger partial charge on any atom is -0.489 e. The second-order valence-electron chi connectivity index (χ2n) is 3.24. The minimum atomic E-state index is -0.263. The zero-order valence-corrected chi connectivity index (χ0v) is 7.79. The SMILES string of the molecule is Fc1cccc(OCC2=CCNC2)c1.